The molecule has 8 heteroatoms. The first kappa shape index (κ1) is 17.2. The van der Waals surface area contributed by atoms with E-state index in [0.29, 0.717) is 0 Å². The molecule has 0 atom stereocenters. The van der Waals surface area contributed by atoms with Crippen LogP contribution in [-0.2, 0) is 0 Å². The van der Waals surface area contributed by atoms with Gasteiger partial charge in [-0.15, -0.1) is 0 Å². The van der Waals surface area contributed by atoms with Crippen molar-refractivity contribution in [3.63, 3.8) is 0 Å². The van der Waals surface area contributed by atoms with Crippen LogP contribution < -0.4 is 9.80 Å². The molecule has 132 valence electrons. The molecule has 0 aliphatic carbocycles. The maximum atomic E-state index is 12.5. The number of carbonyl (C=O) groups excluding carboxylic acids is 2. The minimum atomic E-state index is -0.389. The smallest absolute Gasteiger partial charge is 0.296 e. The monoisotopic (exact) mass is 350 g/mol. The molecule has 0 fully saturated rings. The van der Waals surface area contributed by atoms with Crippen LogP contribution in [0.15, 0.2) is 83.5 Å². The van der Waals surface area contributed by atoms with E-state index in [1.165, 1.54) is 22.2 Å². The highest BCUT2D eigenvalue weighted by molar-refractivity contribution is 5.93. The summed E-state index contributed by atoms with van der Waals surface area (Å²) in [6.45, 7) is 0. The van der Waals surface area contributed by atoms with Gasteiger partial charge >= 0.3 is 12.1 Å². The quantitative estimate of drug-likeness (QED) is 0.825. The zero-order valence-electron chi connectivity index (χ0n) is 14.4. The first-order chi connectivity index (χ1) is 12.6. The lowest BCUT2D eigenvalue weighted by molar-refractivity contribution is 0.199. The summed E-state index contributed by atoms with van der Waals surface area (Å²) in [5, 5.41) is 9.76. The Hall–Kier alpha value is -3.68. The molecular weight excluding hydrogens is 332 g/mol. The SMILES string of the molecule is CN(C(=O)N1C=CN(C(=O)N(C)c2ccccc2)N=N1)c1ccccc1. The number of para-hydroxylation sites is 2. The average Bonchev–Trinajstić information content (AvgIpc) is 2.73. The van der Waals surface area contributed by atoms with Gasteiger partial charge in [0, 0.05) is 25.5 Å². The summed E-state index contributed by atoms with van der Waals surface area (Å²) in [5.41, 5.74) is 1.45. The van der Waals surface area contributed by atoms with Gasteiger partial charge in [0.25, 0.3) is 0 Å². The third-order valence-electron chi connectivity index (χ3n) is 3.83. The lowest BCUT2D eigenvalue weighted by Gasteiger charge is -2.26. The number of hydrogen-bond acceptors (Lipinski definition) is 4. The summed E-state index contributed by atoms with van der Waals surface area (Å²) < 4.78 is 0. The van der Waals surface area contributed by atoms with Crippen molar-refractivity contribution in [2.45, 2.75) is 0 Å². The number of rotatable bonds is 2. The summed E-state index contributed by atoms with van der Waals surface area (Å²) >= 11 is 0. The third kappa shape index (κ3) is 3.54. The lowest BCUT2D eigenvalue weighted by Crippen LogP contribution is -2.40. The lowest BCUT2D eigenvalue weighted by atomic mass is 10.3. The summed E-state index contributed by atoms with van der Waals surface area (Å²) in [7, 11) is 3.28. The Bertz CT molecular complexity index is 754. The van der Waals surface area contributed by atoms with Crippen LogP contribution >= 0.6 is 0 Å². The predicted molar refractivity (Wildman–Crippen MR) is 98.2 cm³/mol. The Kier molecular flexibility index (Phi) is 4.93. The Morgan fingerprint density at radius 2 is 1.04 bits per heavy atom. The largest absolute Gasteiger partial charge is 0.350 e. The first-order valence-electron chi connectivity index (χ1n) is 7.92. The van der Waals surface area contributed by atoms with Crippen LogP contribution in [0, 0.1) is 0 Å². The van der Waals surface area contributed by atoms with E-state index in [2.05, 4.69) is 10.4 Å². The van der Waals surface area contributed by atoms with Crippen LogP contribution in [0.2, 0.25) is 0 Å². The number of urea groups is 2. The van der Waals surface area contributed by atoms with Crippen molar-refractivity contribution in [3.05, 3.63) is 73.1 Å². The molecule has 3 rings (SSSR count). The van der Waals surface area contributed by atoms with Crippen LogP contribution in [0.5, 0.6) is 0 Å². The molecule has 2 aromatic carbocycles. The highest BCUT2D eigenvalue weighted by Crippen LogP contribution is 2.18. The molecule has 0 radical (unpaired) electrons. The first-order valence-corrected chi connectivity index (χ1v) is 7.92. The molecule has 1 heterocycles. The highest BCUT2D eigenvalue weighted by Gasteiger charge is 2.24. The zero-order valence-corrected chi connectivity index (χ0v) is 14.4. The Labute approximate surface area is 151 Å². The van der Waals surface area contributed by atoms with Crippen LogP contribution in [0.25, 0.3) is 0 Å². The van der Waals surface area contributed by atoms with Crippen molar-refractivity contribution < 1.29 is 9.59 Å². The Morgan fingerprint density at radius 3 is 1.35 bits per heavy atom. The number of carbonyl (C=O) groups is 2. The van der Waals surface area contributed by atoms with Gasteiger partial charge < -0.3 is 0 Å². The van der Waals surface area contributed by atoms with E-state index in [-0.39, 0.29) is 12.1 Å². The van der Waals surface area contributed by atoms with E-state index in [1.807, 2.05) is 60.7 Å². The Morgan fingerprint density at radius 1 is 0.692 bits per heavy atom. The molecule has 0 unspecified atom stereocenters. The van der Waals surface area contributed by atoms with Crippen molar-refractivity contribution in [3.8, 4) is 0 Å². The van der Waals surface area contributed by atoms with Gasteiger partial charge in [0.05, 0.1) is 12.4 Å². The molecular formula is C18H18N6O2. The molecule has 0 aromatic heterocycles. The number of hydrogen-bond donors (Lipinski definition) is 0. The molecule has 0 N–H and O–H groups in total. The van der Waals surface area contributed by atoms with Crippen LogP contribution in [0.1, 0.15) is 0 Å². The van der Waals surface area contributed by atoms with Crippen molar-refractivity contribution >= 4 is 23.4 Å². The molecule has 4 amide bonds. The fourth-order valence-electron chi connectivity index (χ4n) is 2.31. The van der Waals surface area contributed by atoms with Gasteiger partial charge in [-0.2, -0.15) is 10.0 Å². The van der Waals surface area contributed by atoms with Crippen molar-refractivity contribution in [2.24, 2.45) is 10.4 Å². The normalized spacial score (nSPS) is 12.8. The predicted octanol–water partition coefficient (Wildman–Crippen LogP) is 3.87. The molecule has 0 saturated carbocycles. The average molecular weight is 350 g/mol. The molecule has 26 heavy (non-hydrogen) atoms. The van der Waals surface area contributed by atoms with Crippen molar-refractivity contribution in [2.75, 3.05) is 23.9 Å². The summed E-state index contributed by atoms with van der Waals surface area (Å²) in [4.78, 5) is 27.8. The second kappa shape index (κ2) is 7.47. The van der Waals surface area contributed by atoms with Crippen LogP contribution in [-0.4, -0.2) is 36.2 Å². The van der Waals surface area contributed by atoms with E-state index in [9.17, 15) is 9.59 Å². The van der Waals surface area contributed by atoms with Crippen molar-refractivity contribution in [1.29, 1.82) is 0 Å². The number of benzene rings is 2. The van der Waals surface area contributed by atoms with Crippen molar-refractivity contribution in [1.82, 2.24) is 10.0 Å². The minimum Gasteiger partial charge on any atom is -0.296 e. The standard InChI is InChI=1S/C18H18N6O2/c1-21(15-9-5-3-6-10-15)17(25)23-13-14-24(20-19-23)18(26)22(2)16-11-7-4-8-12-16/h3-14H,1-2H3. The molecule has 1 aliphatic heterocycles. The number of anilines is 2. The van der Waals surface area contributed by atoms with Gasteiger partial charge in [0.1, 0.15) is 0 Å². The van der Waals surface area contributed by atoms with Gasteiger partial charge in [-0.1, -0.05) is 36.4 Å². The molecule has 0 bridgehead atoms. The molecule has 0 saturated heterocycles. The maximum Gasteiger partial charge on any atom is 0.350 e. The topological polar surface area (TPSA) is 71.8 Å². The number of amides is 4. The minimum absolute atomic E-state index is 0.389. The zero-order chi connectivity index (χ0) is 18.5. The Balaban J connectivity index is 1.66. The van der Waals surface area contributed by atoms with Gasteiger partial charge in [-0.25, -0.2) is 9.59 Å². The number of nitrogens with zero attached hydrogens (tertiary/aromatic N) is 6. The molecule has 8 nitrogen and oxygen atoms in total. The summed E-state index contributed by atoms with van der Waals surface area (Å²) in [6.07, 6.45) is 2.79. The molecule has 1 aliphatic rings. The second-order valence-electron chi connectivity index (χ2n) is 5.52. The van der Waals surface area contributed by atoms with E-state index in [0.717, 1.165) is 21.4 Å². The van der Waals surface area contributed by atoms with Crippen LogP contribution in [0.4, 0.5) is 21.0 Å². The van der Waals surface area contributed by atoms with E-state index >= 15 is 0 Å². The molecule has 0 spiro atoms. The maximum absolute atomic E-state index is 12.5. The third-order valence-corrected chi connectivity index (χ3v) is 3.83. The fourth-order valence-corrected chi connectivity index (χ4v) is 2.31. The van der Waals surface area contributed by atoms with E-state index in [4.69, 9.17) is 0 Å². The highest BCUT2D eigenvalue weighted by atomic mass is 16.2. The second-order valence-corrected chi connectivity index (χ2v) is 5.52. The summed E-state index contributed by atoms with van der Waals surface area (Å²) in [5.74, 6) is 0. The van der Waals surface area contributed by atoms with Crippen LogP contribution in [0.3, 0.4) is 0 Å². The van der Waals surface area contributed by atoms with Gasteiger partial charge in [0.2, 0.25) is 0 Å². The van der Waals surface area contributed by atoms with E-state index in [1.54, 1.807) is 14.1 Å². The van der Waals surface area contributed by atoms with E-state index < -0.39 is 0 Å². The molecule has 2 aromatic rings. The van der Waals surface area contributed by atoms with Gasteiger partial charge in [-0.05, 0) is 34.7 Å². The van der Waals surface area contributed by atoms with Gasteiger partial charge in [-0.3, -0.25) is 9.80 Å². The summed E-state index contributed by atoms with van der Waals surface area (Å²) in [6, 6.07) is 17.6. The van der Waals surface area contributed by atoms with Gasteiger partial charge in [0.15, 0.2) is 0 Å². The fraction of sp³-hybridized carbons (Fsp3) is 0.111.